The molecule has 1 heterocycles. The van der Waals surface area contributed by atoms with Crippen LogP contribution in [0.1, 0.15) is 29.3 Å². The maximum absolute atomic E-state index is 12.8. The highest BCUT2D eigenvalue weighted by Crippen LogP contribution is 2.11. The van der Waals surface area contributed by atoms with Gasteiger partial charge in [-0.3, -0.25) is 4.79 Å². The van der Waals surface area contributed by atoms with Gasteiger partial charge >= 0.3 is 0 Å². The van der Waals surface area contributed by atoms with Crippen LogP contribution in [0.3, 0.4) is 0 Å². The molecule has 0 atom stereocenters. The van der Waals surface area contributed by atoms with Gasteiger partial charge in [-0.1, -0.05) is 6.92 Å². The molecule has 0 bridgehead atoms. The molecule has 12 heavy (non-hydrogen) atoms. The van der Waals surface area contributed by atoms with Crippen molar-refractivity contribution in [1.82, 2.24) is 4.98 Å². The lowest BCUT2D eigenvalue weighted by Gasteiger charge is -2.01. The van der Waals surface area contributed by atoms with Crippen LogP contribution in [0.4, 0.5) is 4.39 Å². The average molecular weight is 167 g/mol. The summed E-state index contributed by atoms with van der Waals surface area (Å²) in [6, 6.07) is 1.55. The van der Waals surface area contributed by atoms with Gasteiger partial charge in [0.2, 0.25) is 5.95 Å². The van der Waals surface area contributed by atoms with Crippen molar-refractivity contribution in [3.63, 3.8) is 0 Å². The molecule has 0 spiro atoms. The fraction of sp³-hybridized carbons (Fsp3) is 0.333. The number of rotatable bonds is 2. The van der Waals surface area contributed by atoms with Crippen molar-refractivity contribution in [1.29, 1.82) is 0 Å². The van der Waals surface area contributed by atoms with Gasteiger partial charge in [-0.25, -0.2) is 4.98 Å². The Kier molecular flexibility index (Phi) is 2.53. The Morgan fingerprint density at radius 2 is 2.33 bits per heavy atom. The van der Waals surface area contributed by atoms with Crippen LogP contribution >= 0.6 is 0 Å². The fourth-order valence-electron chi connectivity index (χ4n) is 1.00. The minimum absolute atomic E-state index is 0.0474. The van der Waals surface area contributed by atoms with Crippen molar-refractivity contribution >= 4 is 5.78 Å². The first-order valence-corrected chi connectivity index (χ1v) is 3.81. The van der Waals surface area contributed by atoms with E-state index in [1.54, 1.807) is 19.9 Å². The van der Waals surface area contributed by atoms with E-state index in [-0.39, 0.29) is 5.78 Å². The molecule has 0 aliphatic carbocycles. The van der Waals surface area contributed by atoms with Gasteiger partial charge in [0.1, 0.15) is 0 Å². The lowest BCUT2D eigenvalue weighted by molar-refractivity contribution is 0.0987. The van der Waals surface area contributed by atoms with Crippen molar-refractivity contribution < 1.29 is 9.18 Å². The van der Waals surface area contributed by atoms with Crippen molar-refractivity contribution in [2.24, 2.45) is 0 Å². The minimum Gasteiger partial charge on any atom is -0.294 e. The summed E-state index contributed by atoms with van der Waals surface area (Å²) < 4.78 is 12.8. The lowest BCUT2D eigenvalue weighted by atomic mass is 10.1. The summed E-state index contributed by atoms with van der Waals surface area (Å²) in [6.07, 6.45) is 1.70. The first-order valence-electron chi connectivity index (χ1n) is 3.81. The molecular formula is C9H10FNO. The molecule has 0 N–H and O–H groups in total. The standard InChI is InChI=1S/C9H10FNO/c1-3-8(12)7-4-5-11-9(10)6(7)2/h4-5H,3H2,1-2H3. The van der Waals surface area contributed by atoms with Crippen LogP contribution < -0.4 is 0 Å². The summed E-state index contributed by atoms with van der Waals surface area (Å²) in [6.45, 7) is 3.31. The van der Waals surface area contributed by atoms with Gasteiger partial charge in [-0.05, 0) is 13.0 Å². The molecule has 0 aliphatic rings. The van der Waals surface area contributed by atoms with Crippen molar-refractivity contribution in [2.75, 3.05) is 0 Å². The molecule has 0 aromatic carbocycles. The maximum Gasteiger partial charge on any atom is 0.216 e. The predicted molar refractivity (Wildman–Crippen MR) is 43.6 cm³/mol. The number of nitrogens with zero attached hydrogens (tertiary/aromatic N) is 1. The van der Waals surface area contributed by atoms with Gasteiger partial charge in [0.15, 0.2) is 5.78 Å². The molecule has 0 fully saturated rings. The Morgan fingerprint density at radius 1 is 1.67 bits per heavy atom. The number of hydrogen-bond acceptors (Lipinski definition) is 2. The third-order valence-electron chi connectivity index (χ3n) is 1.76. The van der Waals surface area contributed by atoms with Crippen LogP contribution in [-0.2, 0) is 0 Å². The Labute approximate surface area is 70.4 Å². The number of carbonyl (C=O) groups excluding carboxylic acids is 1. The molecule has 0 unspecified atom stereocenters. The summed E-state index contributed by atoms with van der Waals surface area (Å²) in [5.74, 6) is -0.608. The number of hydrogen-bond donors (Lipinski definition) is 0. The van der Waals surface area contributed by atoms with E-state index in [4.69, 9.17) is 0 Å². The highest BCUT2D eigenvalue weighted by Gasteiger charge is 2.09. The number of halogens is 1. The molecule has 3 heteroatoms. The first-order chi connectivity index (χ1) is 5.66. The molecule has 1 aromatic rings. The topological polar surface area (TPSA) is 30.0 Å². The van der Waals surface area contributed by atoms with Crippen LogP contribution in [-0.4, -0.2) is 10.8 Å². The van der Waals surface area contributed by atoms with Gasteiger partial charge in [-0.15, -0.1) is 0 Å². The number of aromatic nitrogens is 1. The second-order valence-electron chi connectivity index (χ2n) is 2.55. The third-order valence-corrected chi connectivity index (χ3v) is 1.76. The third kappa shape index (κ3) is 1.49. The molecule has 64 valence electrons. The monoisotopic (exact) mass is 167 g/mol. The first kappa shape index (κ1) is 8.84. The summed E-state index contributed by atoms with van der Waals surface area (Å²) in [7, 11) is 0. The minimum atomic E-state index is -0.561. The van der Waals surface area contributed by atoms with Crippen molar-refractivity contribution in [3.8, 4) is 0 Å². The lowest BCUT2D eigenvalue weighted by Crippen LogP contribution is -2.02. The Balaban J connectivity index is 3.16. The fourth-order valence-corrected chi connectivity index (χ4v) is 1.00. The van der Waals surface area contributed by atoms with Gasteiger partial charge in [0.25, 0.3) is 0 Å². The Hall–Kier alpha value is -1.25. The number of Topliss-reactive ketones (excluding diaryl/α,β-unsaturated/α-hetero) is 1. The van der Waals surface area contributed by atoms with E-state index in [1.807, 2.05) is 0 Å². The smallest absolute Gasteiger partial charge is 0.216 e. The quantitative estimate of drug-likeness (QED) is 0.498. The average Bonchev–Trinajstić information content (AvgIpc) is 2.08. The predicted octanol–water partition coefficient (Wildman–Crippen LogP) is 2.12. The van der Waals surface area contributed by atoms with Crippen molar-refractivity contribution in [2.45, 2.75) is 20.3 Å². The summed E-state index contributed by atoms with van der Waals surface area (Å²) >= 11 is 0. The van der Waals surface area contributed by atoms with E-state index in [2.05, 4.69) is 4.98 Å². The van der Waals surface area contributed by atoms with Gasteiger partial charge < -0.3 is 0 Å². The highest BCUT2D eigenvalue weighted by molar-refractivity contribution is 5.97. The molecule has 0 saturated heterocycles. The van der Waals surface area contributed by atoms with E-state index >= 15 is 0 Å². The van der Waals surface area contributed by atoms with Crippen LogP contribution in [0.25, 0.3) is 0 Å². The number of carbonyl (C=O) groups is 1. The Morgan fingerprint density at radius 3 is 2.92 bits per heavy atom. The molecular weight excluding hydrogens is 157 g/mol. The molecule has 0 amide bonds. The number of pyridine rings is 1. The van der Waals surface area contributed by atoms with Crippen LogP contribution in [0.5, 0.6) is 0 Å². The van der Waals surface area contributed by atoms with Crippen LogP contribution in [0.2, 0.25) is 0 Å². The largest absolute Gasteiger partial charge is 0.294 e. The van der Waals surface area contributed by atoms with Crippen LogP contribution in [0, 0.1) is 12.9 Å². The Bertz CT molecular complexity index is 309. The summed E-state index contributed by atoms with van der Waals surface area (Å²) in [4.78, 5) is 14.6. The molecule has 2 nitrogen and oxygen atoms in total. The SMILES string of the molecule is CCC(=O)c1ccnc(F)c1C. The zero-order valence-electron chi connectivity index (χ0n) is 7.10. The zero-order chi connectivity index (χ0) is 9.14. The second kappa shape index (κ2) is 3.43. The maximum atomic E-state index is 12.8. The molecule has 0 aliphatic heterocycles. The van der Waals surface area contributed by atoms with E-state index in [1.165, 1.54) is 6.20 Å². The molecule has 1 rings (SSSR count). The normalized spacial score (nSPS) is 9.92. The van der Waals surface area contributed by atoms with E-state index in [9.17, 15) is 9.18 Å². The van der Waals surface area contributed by atoms with Gasteiger partial charge in [-0.2, -0.15) is 4.39 Å². The molecule has 1 aromatic heterocycles. The zero-order valence-corrected chi connectivity index (χ0v) is 7.10. The summed E-state index contributed by atoms with van der Waals surface area (Å²) in [5, 5.41) is 0. The van der Waals surface area contributed by atoms with Crippen LogP contribution in [0.15, 0.2) is 12.3 Å². The van der Waals surface area contributed by atoms with E-state index in [0.717, 1.165) is 0 Å². The van der Waals surface area contributed by atoms with Gasteiger partial charge in [0, 0.05) is 23.7 Å². The molecule has 0 radical (unpaired) electrons. The highest BCUT2D eigenvalue weighted by atomic mass is 19.1. The molecule has 0 saturated carbocycles. The van der Waals surface area contributed by atoms with Crippen molar-refractivity contribution in [3.05, 3.63) is 29.3 Å². The second-order valence-corrected chi connectivity index (χ2v) is 2.55. The van der Waals surface area contributed by atoms with E-state index < -0.39 is 5.95 Å². The van der Waals surface area contributed by atoms with E-state index in [0.29, 0.717) is 17.5 Å². The number of ketones is 1. The van der Waals surface area contributed by atoms with Gasteiger partial charge in [0.05, 0.1) is 0 Å². The summed E-state index contributed by atoms with van der Waals surface area (Å²) in [5.41, 5.74) is 0.773.